The third-order valence-corrected chi connectivity index (χ3v) is 3.62. The van der Waals surface area contributed by atoms with Crippen molar-refractivity contribution in [2.75, 3.05) is 13.6 Å². The summed E-state index contributed by atoms with van der Waals surface area (Å²) in [6.07, 6.45) is -0.608. The number of carbonyl (C=O) groups is 1. The Morgan fingerprint density at radius 3 is 2.56 bits per heavy atom. The molecule has 1 aliphatic rings. The van der Waals surface area contributed by atoms with E-state index in [1.54, 1.807) is 11.9 Å². The predicted octanol–water partition coefficient (Wildman–Crippen LogP) is 1.76. The smallest absolute Gasteiger partial charge is 0.232 e. The van der Waals surface area contributed by atoms with Crippen LogP contribution in [0.2, 0.25) is 0 Å². The number of rotatable bonds is 1. The van der Waals surface area contributed by atoms with Gasteiger partial charge in [0.1, 0.15) is 0 Å². The Hall–Kier alpha value is -1.87. The van der Waals surface area contributed by atoms with Gasteiger partial charge in [-0.3, -0.25) is 4.79 Å². The van der Waals surface area contributed by atoms with E-state index >= 15 is 0 Å². The molecule has 0 spiro atoms. The molecule has 2 unspecified atom stereocenters. The molecular weight excluding hydrogens is 226 g/mol. The van der Waals surface area contributed by atoms with Crippen LogP contribution in [0.3, 0.4) is 0 Å². The zero-order valence-electron chi connectivity index (χ0n) is 10.2. The van der Waals surface area contributed by atoms with Crippen molar-refractivity contribution >= 4 is 16.7 Å². The van der Waals surface area contributed by atoms with E-state index in [9.17, 15) is 9.90 Å². The van der Waals surface area contributed by atoms with E-state index < -0.39 is 12.0 Å². The van der Waals surface area contributed by atoms with Crippen LogP contribution in [0.25, 0.3) is 10.8 Å². The molecule has 3 heteroatoms. The zero-order chi connectivity index (χ0) is 12.7. The number of benzene rings is 2. The maximum Gasteiger partial charge on any atom is 0.232 e. The van der Waals surface area contributed by atoms with Gasteiger partial charge >= 0.3 is 0 Å². The summed E-state index contributed by atoms with van der Waals surface area (Å²) in [5.74, 6) is -0.419. The van der Waals surface area contributed by atoms with E-state index in [1.165, 1.54) is 0 Å². The fourth-order valence-corrected chi connectivity index (χ4v) is 2.64. The summed E-state index contributed by atoms with van der Waals surface area (Å²) in [5.41, 5.74) is 0.899. The number of likely N-dealkylation sites (tertiary alicyclic amines) is 1. The van der Waals surface area contributed by atoms with Crippen molar-refractivity contribution in [3.8, 4) is 0 Å². The number of likely N-dealkylation sites (N-methyl/N-ethyl adjacent to an activating group) is 1. The van der Waals surface area contributed by atoms with Gasteiger partial charge in [-0.1, -0.05) is 42.5 Å². The van der Waals surface area contributed by atoms with Crippen LogP contribution in [0.15, 0.2) is 42.5 Å². The quantitative estimate of drug-likeness (QED) is 0.826. The highest BCUT2D eigenvalue weighted by molar-refractivity contribution is 5.89. The third kappa shape index (κ3) is 1.68. The average Bonchev–Trinajstić information content (AvgIpc) is 2.63. The number of carbonyl (C=O) groups excluding carboxylic acids is 1. The number of amides is 1. The van der Waals surface area contributed by atoms with E-state index in [1.807, 2.05) is 42.5 Å². The first-order chi connectivity index (χ1) is 8.66. The van der Waals surface area contributed by atoms with Gasteiger partial charge in [0.15, 0.2) is 0 Å². The molecule has 1 heterocycles. The van der Waals surface area contributed by atoms with Gasteiger partial charge in [0.25, 0.3) is 0 Å². The summed E-state index contributed by atoms with van der Waals surface area (Å²) in [6, 6.07) is 14.0. The van der Waals surface area contributed by atoms with E-state index in [0.29, 0.717) is 6.54 Å². The van der Waals surface area contributed by atoms with Gasteiger partial charge < -0.3 is 10.0 Å². The van der Waals surface area contributed by atoms with Gasteiger partial charge in [0, 0.05) is 13.6 Å². The minimum Gasteiger partial charge on any atom is -0.390 e. The lowest BCUT2D eigenvalue weighted by molar-refractivity contribution is -0.128. The normalized spacial score (nSPS) is 23.9. The topological polar surface area (TPSA) is 40.5 Å². The zero-order valence-corrected chi connectivity index (χ0v) is 10.2. The first-order valence-electron chi connectivity index (χ1n) is 6.08. The molecule has 0 bridgehead atoms. The first-order valence-corrected chi connectivity index (χ1v) is 6.08. The van der Waals surface area contributed by atoms with Crippen molar-refractivity contribution in [1.82, 2.24) is 4.90 Å². The third-order valence-electron chi connectivity index (χ3n) is 3.62. The van der Waals surface area contributed by atoms with Crippen LogP contribution < -0.4 is 0 Å². The molecule has 1 saturated heterocycles. The molecule has 2 atom stereocenters. The molecule has 3 rings (SSSR count). The summed E-state index contributed by atoms with van der Waals surface area (Å²) in [6.45, 7) is 0.413. The van der Waals surface area contributed by atoms with Crippen LogP contribution in [-0.4, -0.2) is 35.6 Å². The molecule has 0 aromatic heterocycles. The number of hydrogen-bond donors (Lipinski definition) is 1. The second-order valence-electron chi connectivity index (χ2n) is 4.87. The van der Waals surface area contributed by atoms with Crippen molar-refractivity contribution < 1.29 is 9.90 Å². The molecular formula is C15H15NO2. The highest BCUT2D eigenvalue weighted by atomic mass is 16.3. The Labute approximate surface area is 106 Å². The van der Waals surface area contributed by atoms with Gasteiger partial charge in [0.05, 0.1) is 12.0 Å². The van der Waals surface area contributed by atoms with E-state index in [0.717, 1.165) is 16.3 Å². The van der Waals surface area contributed by atoms with Gasteiger partial charge in [-0.25, -0.2) is 0 Å². The van der Waals surface area contributed by atoms with Gasteiger partial charge in [0.2, 0.25) is 5.91 Å². The largest absolute Gasteiger partial charge is 0.390 e. The second-order valence-corrected chi connectivity index (χ2v) is 4.87. The lowest BCUT2D eigenvalue weighted by Gasteiger charge is -2.13. The standard InChI is InChI=1S/C15H15NO2/c1-16-9-13(17)14(15(16)18)12-7-6-10-4-2-3-5-11(10)8-12/h2-8,13-14,17H,9H2,1H3. The molecule has 1 fully saturated rings. The first kappa shape index (κ1) is 11.2. The van der Waals surface area contributed by atoms with Gasteiger partial charge in [-0.05, 0) is 16.3 Å². The number of fused-ring (bicyclic) bond motifs is 1. The van der Waals surface area contributed by atoms with E-state index in [4.69, 9.17) is 0 Å². The summed E-state index contributed by atoms with van der Waals surface area (Å²) in [5, 5.41) is 12.2. The second kappa shape index (κ2) is 4.10. The number of aliphatic hydroxyl groups is 1. The summed E-state index contributed by atoms with van der Waals surface area (Å²) in [7, 11) is 1.73. The number of nitrogens with zero attached hydrogens (tertiary/aromatic N) is 1. The Morgan fingerprint density at radius 2 is 1.89 bits per heavy atom. The summed E-state index contributed by atoms with van der Waals surface area (Å²) in [4.78, 5) is 13.6. The predicted molar refractivity (Wildman–Crippen MR) is 70.3 cm³/mol. The highest BCUT2D eigenvalue weighted by Crippen LogP contribution is 2.30. The molecule has 92 valence electrons. The van der Waals surface area contributed by atoms with Crippen LogP contribution in [0.4, 0.5) is 0 Å². The summed E-state index contributed by atoms with van der Waals surface area (Å²) >= 11 is 0. The van der Waals surface area contributed by atoms with Crippen molar-refractivity contribution in [3.63, 3.8) is 0 Å². The fraction of sp³-hybridized carbons (Fsp3) is 0.267. The van der Waals surface area contributed by atoms with Crippen LogP contribution in [0, 0.1) is 0 Å². The van der Waals surface area contributed by atoms with Crippen LogP contribution in [0.5, 0.6) is 0 Å². The molecule has 0 radical (unpaired) electrons. The van der Waals surface area contributed by atoms with Gasteiger partial charge in [-0.15, -0.1) is 0 Å². The van der Waals surface area contributed by atoms with Crippen molar-refractivity contribution in [3.05, 3.63) is 48.0 Å². The average molecular weight is 241 g/mol. The molecule has 2 aromatic carbocycles. The summed E-state index contributed by atoms with van der Waals surface area (Å²) < 4.78 is 0. The molecule has 1 aliphatic heterocycles. The molecule has 1 N–H and O–H groups in total. The van der Waals surface area contributed by atoms with Crippen molar-refractivity contribution in [2.45, 2.75) is 12.0 Å². The minimum atomic E-state index is -0.608. The lowest BCUT2D eigenvalue weighted by atomic mass is 9.93. The molecule has 1 amide bonds. The Balaban J connectivity index is 2.07. The molecule has 0 aliphatic carbocycles. The van der Waals surface area contributed by atoms with Crippen LogP contribution in [0.1, 0.15) is 11.5 Å². The molecule has 2 aromatic rings. The molecule has 3 nitrogen and oxygen atoms in total. The highest BCUT2D eigenvalue weighted by Gasteiger charge is 2.38. The van der Waals surface area contributed by atoms with Crippen molar-refractivity contribution in [2.24, 2.45) is 0 Å². The fourth-order valence-electron chi connectivity index (χ4n) is 2.64. The minimum absolute atomic E-state index is 0.00205. The van der Waals surface area contributed by atoms with Crippen LogP contribution in [-0.2, 0) is 4.79 Å². The SMILES string of the molecule is CN1CC(O)C(c2ccc3ccccc3c2)C1=O. The van der Waals surface area contributed by atoms with Crippen molar-refractivity contribution in [1.29, 1.82) is 0 Å². The van der Waals surface area contributed by atoms with E-state index in [-0.39, 0.29) is 5.91 Å². The monoisotopic (exact) mass is 241 g/mol. The van der Waals surface area contributed by atoms with Gasteiger partial charge in [-0.2, -0.15) is 0 Å². The van der Waals surface area contributed by atoms with Crippen LogP contribution >= 0.6 is 0 Å². The number of aliphatic hydroxyl groups excluding tert-OH is 1. The Kier molecular flexibility index (Phi) is 2.56. The number of hydrogen-bond acceptors (Lipinski definition) is 2. The number of β-amino-alcohol motifs (C(OH)–C–C–N with tert-alkyl or cyclic N) is 1. The van der Waals surface area contributed by atoms with E-state index in [2.05, 4.69) is 0 Å². The Morgan fingerprint density at radius 1 is 1.17 bits per heavy atom. The molecule has 18 heavy (non-hydrogen) atoms. The maximum atomic E-state index is 12.0. The lowest BCUT2D eigenvalue weighted by Crippen LogP contribution is -2.21. The molecule has 0 saturated carbocycles. The maximum absolute atomic E-state index is 12.0. The Bertz CT molecular complexity index is 608.